The van der Waals surface area contributed by atoms with Gasteiger partial charge in [-0.2, -0.15) is 0 Å². The number of aromatic nitrogens is 4. The molecule has 2 aromatic rings. The number of nitrogens with zero attached hydrogens (tertiary/aromatic N) is 4. The van der Waals surface area contributed by atoms with Gasteiger partial charge in [0.05, 0.1) is 5.69 Å². The molecule has 0 amide bonds. The number of fused-ring (bicyclic) bond motifs is 1. The van der Waals surface area contributed by atoms with Crippen molar-refractivity contribution in [3.8, 4) is 0 Å². The minimum atomic E-state index is -0.158. The quantitative estimate of drug-likeness (QED) is 0.758. The maximum Gasteiger partial charge on any atom is 0.279 e. The van der Waals surface area contributed by atoms with Crippen LogP contribution in [0.15, 0.2) is 4.79 Å². The summed E-state index contributed by atoms with van der Waals surface area (Å²) in [4.78, 5) is 25.3. The molecular formula is C14H17ClN4O. The molecule has 0 N–H and O–H groups in total. The van der Waals surface area contributed by atoms with Crippen LogP contribution in [0.5, 0.6) is 0 Å². The Balaban J connectivity index is 2.28. The van der Waals surface area contributed by atoms with Gasteiger partial charge in [-0.1, -0.05) is 19.3 Å². The fourth-order valence-corrected chi connectivity index (χ4v) is 3.08. The maximum absolute atomic E-state index is 12.3. The molecule has 20 heavy (non-hydrogen) atoms. The van der Waals surface area contributed by atoms with Crippen LogP contribution in [-0.2, 0) is 7.05 Å². The summed E-state index contributed by atoms with van der Waals surface area (Å²) in [7, 11) is 1.69. The number of hydrogen-bond donors (Lipinski definition) is 0. The molecule has 2 heterocycles. The number of aryl methyl sites for hydroxylation is 1. The lowest BCUT2D eigenvalue weighted by molar-refractivity contribution is 0.438. The van der Waals surface area contributed by atoms with Crippen molar-refractivity contribution >= 4 is 22.6 Å². The van der Waals surface area contributed by atoms with Crippen LogP contribution in [0.1, 0.15) is 49.5 Å². The van der Waals surface area contributed by atoms with Crippen molar-refractivity contribution < 1.29 is 0 Å². The normalized spacial score (nSPS) is 16.8. The second-order valence-electron chi connectivity index (χ2n) is 5.43. The van der Waals surface area contributed by atoms with Crippen molar-refractivity contribution in [3.05, 3.63) is 27.2 Å². The van der Waals surface area contributed by atoms with E-state index in [9.17, 15) is 4.79 Å². The van der Waals surface area contributed by atoms with Crippen LogP contribution in [-0.4, -0.2) is 19.5 Å². The van der Waals surface area contributed by atoms with E-state index in [4.69, 9.17) is 11.6 Å². The second-order valence-corrected chi connectivity index (χ2v) is 5.77. The third-order valence-corrected chi connectivity index (χ3v) is 4.31. The molecule has 0 atom stereocenters. The molecule has 6 heteroatoms. The van der Waals surface area contributed by atoms with Gasteiger partial charge in [0.2, 0.25) is 5.28 Å². The Kier molecular flexibility index (Phi) is 3.46. The maximum atomic E-state index is 12.3. The summed E-state index contributed by atoms with van der Waals surface area (Å²) in [6, 6.07) is 0. The Bertz CT molecular complexity index is 719. The summed E-state index contributed by atoms with van der Waals surface area (Å²) in [5.74, 6) is 1.01. The van der Waals surface area contributed by atoms with Crippen molar-refractivity contribution in [2.24, 2.45) is 7.05 Å². The van der Waals surface area contributed by atoms with Gasteiger partial charge in [0.15, 0.2) is 5.52 Å². The zero-order chi connectivity index (χ0) is 14.3. The van der Waals surface area contributed by atoms with Crippen LogP contribution in [0.4, 0.5) is 0 Å². The Hall–Kier alpha value is -1.49. The van der Waals surface area contributed by atoms with Crippen molar-refractivity contribution in [1.29, 1.82) is 0 Å². The zero-order valence-electron chi connectivity index (χ0n) is 11.7. The highest BCUT2D eigenvalue weighted by atomic mass is 35.5. The van der Waals surface area contributed by atoms with Gasteiger partial charge in [0.25, 0.3) is 5.56 Å². The summed E-state index contributed by atoms with van der Waals surface area (Å²) in [6.07, 6.45) is 5.81. The van der Waals surface area contributed by atoms with Gasteiger partial charge < -0.3 is 0 Å². The van der Waals surface area contributed by atoms with E-state index in [1.807, 2.05) is 6.92 Å². The summed E-state index contributed by atoms with van der Waals surface area (Å²) in [6.45, 7) is 1.82. The highest BCUT2D eigenvalue weighted by Crippen LogP contribution is 2.34. The molecule has 0 aromatic carbocycles. The average molecular weight is 293 g/mol. The second kappa shape index (κ2) is 5.13. The van der Waals surface area contributed by atoms with Crippen LogP contribution in [0.2, 0.25) is 5.28 Å². The zero-order valence-corrected chi connectivity index (χ0v) is 12.4. The average Bonchev–Trinajstić information content (AvgIpc) is 2.46. The van der Waals surface area contributed by atoms with Crippen molar-refractivity contribution in [2.45, 2.75) is 44.9 Å². The standard InChI is InChI=1S/C14H17ClN4O/c1-8-16-11-10(9-6-4-3-5-7-9)17-14(15)18-12(11)13(20)19(8)2/h9H,3-7H2,1-2H3. The molecule has 0 saturated heterocycles. The Morgan fingerprint density at radius 2 is 1.80 bits per heavy atom. The molecule has 106 valence electrons. The smallest absolute Gasteiger partial charge is 0.279 e. The molecule has 3 rings (SSSR count). The van der Waals surface area contributed by atoms with E-state index in [-0.39, 0.29) is 10.8 Å². The van der Waals surface area contributed by atoms with Gasteiger partial charge in [0, 0.05) is 13.0 Å². The van der Waals surface area contributed by atoms with Gasteiger partial charge in [-0.05, 0) is 31.4 Å². The monoisotopic (exact) mass is 292 g/mol. The van der Waals surface area contributed by atoms with Crippen LogP contribution in [0.25, 0.3) is 11.0 Å². The van der Waals surface area contributed by atoms with E-state index < -0.39 is 0 Å². The Morgan fingerprint density at radius 3 is 2.50 bits per heavy atom. The molecule has 1 fully saturated rings. The van der Waals surface area contributed by atoms with Crippen LogP contribution in [0, 0.1) is 6.92 Å². The lowest BCUT2D eigenvalue weighted by atomic mass is 9.86. The molecule has 1 aliphatic carbocycles. The molecule has 0 unspecified atom stereocenters. The van der Waals surface area contributed by atoms with Crippen molar-refractivity contribution in [2.75, 3.05) is 0 Å². The summed E-state index contributed by atoms with van der Waals surface area (Å²) in [5.41, 5.74) is 1.65. The summed E-state index contributed by atoms with van der Waals surface area (Å²) in [5, 5.41) is 0.140. The van der Waals surface area contributed by atoms with Crippen LogP contribution < -0.4 is 5.56 Å². The number of halogens is 1. The van der Waals surface area contributed by atoms with Gasteiger partial charge in [-0.15, -0.1) is 0 Å². The number of rotatable bonds is 1. The molecule has 1 aliphatic rings. The fraction of sp³-hybridized carbons (Fsp3) is 0.571. The fourth-order valence-electron chi connectivity index (χ4n) is 2.91. The van der Waals surface area contributed by atoms with E-state index in [0.29, 0.717) is 22.8 Å². The van der Waals surface area contributed by atoms with E-state index in [2.05, 4.69) is 15.0 Å². The lowest BCUT2D eigenvalue weighted by Crippen LogP contribution is -2.23. The van der Waals surface area contributed by atoms with Crippen molar-refractivity contribution in [3.63, 3.8) is 0 Å². The molecule has 2 aromatic heterocycles. The molecule has 0 spiro atoms. The molecule has 0 bridgehead atoms. The summed E-state index contributed by atoms with van der Waals surface area (Å²) >= 11 is 6.01. The molecule has 1 saturated carbocycles. The highest BCUT2D eigenvalue weighted by Gasteiger charge is 2.23. The van der Waals surface area contributed by atoms with Crippen LogP contribution in [0.3, 0.4) is 0 Å². The SMILES string of the molecule is Cc1nc2c(C3CCCCC3)nc(Cl)nc2c(=O)n1C. The first-order valence-electron chi connectivity index (χ1n) is 6.98. The lowest BCUT2D eigenvalue weighted by Gasteiger charge is -2.22. The van der Waals surface area contributed by atoms with E-state index in [1.54, 1.807) is 7.05 Å². The molecule has 0 radical (unpaired) electrons. The van der Waals surface area contributed by atoms with Gasteiger partial charge in [-0.3, -0.25) is 9.36 Å². The Labute approximate surface area is 122 Å². The molecule has 0 aliphatic heterocycles. The van der Waals surface area contributed by atoms with Gasteiger partial charge >= 0.3 is 0 Å². The first-order valence-corrected chi connectivity index (χ1v) is 7.36. The minimum Gasteiger partial charge on any atom is -0.298 e. The third kappa shape index (κ3) is 2.20. The third-order valence-electron chi connectivity index (χ3n) is 4.14. The predicted octanol–water partition coefficient (Wildman–Crippen LogP) is 2.73. The predicted molar refractivity (Wildman–Crippen MR) is 78.1 cm³/mol. The first-order chi connectivity index (χ1) is 9.58. The van der Waals surface area contributed by atoms with Gasteiger partial charge in [-0.25, -0.2) is 15.0 Å². The highest BCUT2D eigenvalue weighted by molar-refractivity contribution is 6.28. The topological polar surface area (TPSA) is 60.7 Å². The van der Waals surface area contributed by atoms with Gasteiger partial charge in [0.1, 0.15) is 11.3 Å². The van der Waals surface area contributed by atoms with Crippen LogP contribution >= 0.6 is 11.6 Å². The molecule has 5 nitrogen and oxygen atoms in total. The molecular weight excluding hydrogens is 276 g/mol. The van der Waals surface area contributed by atoms with E-state index in [1.165, 1.54) is 23.8 Å². The number of hydrogen-bond acceptors (Lipinski definition) is 4. The summed E-state index contributed by atoms with van der Waals surface area (Å²) < 4.78 is 1.50. The minimum absolute atomic E-state index is 0.140. The van der Waals surface area contributed by atoms with E-state index in [0.717, 1.165) is 18.5 Å². The largest absolute Gasteiger partial charge is 0.298 e. The van der Waals surface area contributed by atoms with E-state index >= 15 is 0 Å². The first kappa shape index (κ1) is 13.5. The van der Waals surface area contributed by atoms with Crippen molar-refractivity contribution in [1.82, 2.24) is 19.5 Å². The Morgan fingerprint density at radius 1 is 1.10 bits per heavy atom.